The average Bonchev–Trinajstić information content (AvgIpc) is 3.60. The van der Waals surface area contributed by atoms with Gasteiger partial charge >= 0.3 is 6.18 Å². The van der Waals surface area contributed by atoms with Gasteiger partial charge in [-0.3, -0.25) is 9.48 Å². The highest BCUT2D eigenvalue weighted by molar-refractivity contribution is 7.10. The van der Waals surface area contributed by atoms with Gasteiger partial charge in [-0.25, -0.2) is 13.8 Å². The van der Waals surface area contributed by atoms with Crippen molar-refractivity contribution in [1.82, 2.24) is 19.7 Å². The Morgan fingerprint density at radius 1 is 1.29 bits per heavy atom. The molecule has 13 heteroatoms. The first kappa shape index (κ1) is 27.7. The van der Waals surface area contributed by atoms with Crippen LogP contribution < -0.4 is 0 Å². The predicted octanol–water partition coefficient (Wildman–Crippen LogP) is 5.85. The van der Waals surface area contributed by atoms with Crippen LogP contribution in [0.4, 0.5) is 22.0 Å². The van der Waals surface area contributed by atoms with Crippen molar-refractivity contribution in [2.45, 2.75) is 57.9 Å². The van der Waals surface area contributed by atoms with Gasteiger partial charge in [0.25, 0.3) is 0 Å². The van der Waals surface area contributed by atoms with E-state index >= 15 is 0 Å². The summed E-state index contributed by atoms with van der Waals surface area (Å²) in [5.41, 5.74) is 0.121. The third kappa shape index (κ3) is 6.03. The Labute approximate surface area is 219 Å². The van der Waals surface area contributed by atoms with Crippen LogP contribution >= 0.6 is 11.3 Å². The van der Waals surface area contributed by atoms with Gasteiger partial charge in [-0.05, 0) is 38.0 Å². The normalized spacial score (nSPS) is 16.3. The summed E-state index contributed by atoms with van der Waals surface area (Å²) < 4.78 is 68.0. The molecule has 204 valence electrons. The number of thiazole rings is 1. The summed E-state index contributed by atoms with van der Waals surface area (Å²) in [6, 6.07) is 4.54. The van der Waals surface area contributed by atoms with E-state index in [1.807, 2.05) is 12.3 Å². The summed E-state index contributed by atoms with van der Waals surface area (Å²) >= 11 is 1.42. The van der Waals surface area contributed by atoms with Gasteiger partial charge in [0.1, 0.15) is 23.9 Å². The maximum Gasteiger partial charge on any atom is 0.435 e. The lowest BCUT2D eigenvalue weighted by Gasteiger charge is -2.20. The Balaban J connectivity index is 1.34. The third-order valence-corrected chi connectivity index (χ3v) is 7.45. The molecule has 2 unspecified atom stereocenters. The highest BCUT2D eigenvalue weighted by Crippen LogP contribution is 2.34. The molecule has 0 saturated heterocycles. The monoisotopic (exact) mass is 555 g/mol. The molecule has 0 bridgehead atoms. The van der Waals surface area contributed by atoms with E-state index in [0.717, 1.165) is 22.2 Å². The number of aromatic nitrogens is 3. The van der Waals surface area contributed by atoms with Crippen molar-refractivity contribution in [2.24, 2.45) is 5.16 Å². The molecule has 38 heavy (non-hydrogen) atoms. The highest BCUT2D eigenvalue weighted by Gasteiger charge is 2.35. The number of halogens is 5. The summed E-state index contributed by atoms with van der Waals surface area (Å²) in [4.78, 5) is 24.1. The highest BCUT2D eigenvalue weighted by atomic mass is 32.1. The second kappa shape index (κ2) is 11.2. The molecule has 0 spiro atoms. The Morgan fingerprint density at radius 2 is 2.00 bits per heavy atom. The van der Waals surface area contributed by atoms with Crippen molar-refractivity contribution < 1.29 is 31.6 Å². The van der Waals surface area contributed by atoms with E-state index in [1.165, 1.54) is 41.4 Å². The number of hydrogen-bond donors (Lipinski definition) is 0. The van der Waals surface area contributed by atoms with Crippen LogP contribution in [-0.4, -0.2) is 44.9 Å². The SMILES string of the molecule is CCC(CCN(C)C(=O)Cn1nc(C(F)(F)F)cc1C)c1nc(C2=NOC(c3c(F)cccc3F)C2)cs1. The van der Waals surface area contributed by atoms with Gasteiger partial charge in [-0.1, -0.05) is 18.1 Å². The van der Waals surface area contributed by atoms with Gasteiger partial charge in [0.2, 0.25) is 5.91 Å². The number of carbonyl (C=O) groups is 1. The van der Waals surface area contributed by atoms with Crippen molar-refractivity contribution in [2.75, 3.05) is 13.6 Å². The quantitative estimate of drug-likeness (QED) is 0.311. The molecule has 1 amide bonds. The molecule has 2 aromatic heterocycles. The molecule has 0 N–H and O–H groups in total. The van der Waals surface area contributed by atoms with Crippen LogP contribution in [0, 0.1) is 18.6 Å². The van der Waals surface area contributed by atoms with Gasteiger partial charge in [0.05, 0.1) is 16.3 Å². The van der Waals surface area contributed by atoms with E-state index in [1.54, 1.807) is 7.05 Å². The molecule has 3 heterocycles. The van der Waals surface area contributed by atoms with E-state index in [-0.39, 0.29) is 36.0 Å². The van der Waals surface area contributed by atoms with Gasteiger partial charge in [-0.15, -0.1) is 11.3 Å². The molecule has 2 atom stereocenters. The average molecular weight is 556 g/mol. The fourth-order valence-corrected chi connectivity index (χ4v) is 5.19. The minimum absolute atomic E-state index is 0.0232. The summed E-state index contributed by atoms with van der Waals surface area (Å²) in [7, 11) is 1.60. The number of nitrogens with zero attached hydrogens (tertiary/aromatic N) is 5. The molecule has 0 fully saturated rings. The summed E-state index contributed by atoms with van der Waals surface area (Å²) in [5, 5.41) is 10.1. The summed E-state index contributed by atoms with van der Waals surface area (Å²) in [6.07, 6.45) is -3.93. The Bertz CT molecular complexity index is 1320. The number of likely N-dealkylation sites (N-methyl/N-ethyl adjacent to an activating group) is 1. The minimum Gasteiger partial charge on any atom is -0.387 e. The Hall–Kier alpha value is -3.35. The van der Waals surface area contributed by atoms with Crippen LogP contribution in [0.2, 0.25) is 0 Å². The molecule has 4 rings (SSSR count). The van der Waals surface area contributed by atoms with Crippen LogP contribution in [0.1, 0.15) is 65.9 Å². The van der Waals surface area contributed by atoms with Crippen molar-refractivity contribution >= 4 is 23.0 Å². The van der Waals surface area contributed by atoms with Crippen LogP contribution in [0.25, 0.3) is 0 Å². The zero-order valence-corrected chi connectivity index (χ0v) is 21.7. The molecule has 3 aromatic rings. The number of hydrogen-bond acceptors (Lipinski definition) is 6. The Kier molecular flexibility index (Phi) is 8.14. The minimum atomic E-state index is -4.57. The van der Waals surface area contributed by atoms with E-state index < -0.39 is 29.6 Å². The number of oxime groups is 1. The van der Waals surface area contributed by atoms with E-state index in [0.29, 0.717) is 24.4 Å². The lowest BCUT2D eigenvalue weighted by Crippen LogP contribution is -2.32. The molecule has 0 saturated carbocycles. The summed E-state index contributed by atoms with van der Waals surface area (Å²) in [5.74, 6) is -1.73. The molecule has 0 aliphatic carbocycles. The zero-order chi connectivity index (χ0) is 27.6. The van der Waals surface area contributed by atoms with Gasteiger partial charge in [0, 0.05) is 37.0 Å². The number of benzene rings is 1. The van der Waals surface area contributed by atoms with Gasteiger partial charge in [-0.2, -0.15) is 18.3 Å². The predicted molar refractivity (Wildman–Crippen MR) is 131 cm³/mol. The van der Waals surface area contributed by atoms with Crippen molar-refractivity contribution in [1.29, 1.82) is 0 Å². The van der Waals surface area contributed by atoms with Crippen molar-refractivity contribution in [3.63, 3.8) is 0 Å². The number of aryl methyl sites for hydroxylation is 1. The number of alkyl halides is 3. The zero-order valence-electron chi connectivity index (χ0n) is 20.9. The first-order valence-electron chi connectivity index (χ1n) is 12.0. The second-order valence-corrected chi connectivity index (χ2v) is 9.97. The molecular formula is C25H26F5N5O2S. The van der Waals surface area contributed by atoms with Gasteiger partial charge in [0.15, 0.2) is 11.8 Å². The number of rotatable bonds is 9. The topological polar surface area (TPSA) is 72.6 Å². The molecule has 0 radical (unpaired) electrons. The Morgan fingerprint density at radius 3 is 2.63 bits per heavy atom. The van der Waals surface area contributed by atoms with Crippen LogP contribution in [0.5, 0.6) is 0 Å². The van der Waals surface area contributed by atoms with Gasteiger partial charge < -0.3 is 9.74 Å². The standard InChI is InChI=1S/C25H26F5N5O2S/c1-4-15(8-9-34(3)22(36)12-35-14(2)10-21(32-35)25(28,29)30)24-31-19(13-38-24)18-11-20(37-33-18)23-16(26)6-5-7-17(23)27/h5-7,10,13,15,20H,4,8-9,11-12H2,1-3H3. The van der Waals surface area contributed by atoms with Crippen molar-refractivity contribution in [3.8, 4) is 0 Å². The van der Waals surface area contributed by atoms with Crippen LogP contribution in [-0.2, 0) is 22.4 Å². The molecule has 1 aliphatic heterocycles. The molecular weight excluding hydrogens is 529 g/mol. The largest absolute Gasteiger partial charge is 0.435 e. The number of amides is 1. The third-order valence-electron chi connectivity index (χ3n) is 6.45. The lowest BCUT2D eigenvalue weighted by atomic mass is 10.0. The molecule has 1 aromatic carbocycles. The number of carbonyl (C=O) groups excluding carboxylic acids is 1. The van der Waals surface area contributed by atoms with E-state index in [9.17, 15) is 26.7 Å². The van der Waals surface area contributed by atoms with Crippen molar-refractivity contribution in [3.05, 3.63) is 68.9 Å². The van der Waals surface area contributed by atoms with Crippen LogP contribution in [0.15, 0.2) is 34.8 Å². The maximum atomic E-state index is 14.1. The lowest BCUT2D eigenvalue weighted by molar-refractivity contribution is -0.142. The molecule has 7 nitrogen and oxygen atoms in total. The fraction of sp³-hybridized carbons (Fsp3) is 0.440. The van der Waals surface area contributed by atoms with E-state index in [2.05, 4.69) is 15.2 Å². The molecule has 1 aliphatic rings. The van der Waals surface area contributed by atoms with E-state index in [4.69, 9.17) is 4.84 Å². The first-order valence-corrected chi connectivity index (χ1v) is 12.8. The maximum absolute atomic E-state index is 14.1. The summed E-state index contributed by atoms with van der Waals surface area (Å²) in [6.45, 7) is 3.54. The first-order chi connectivity index (χ1) is 18.0. The smallest absolute Gasteiger partial charge is 0.387 e. The van der Waals surface area contributed by atoms with Crippen LogP contribution in [0.3, 0.4) is 0 Å². The fourth-order valence-electron chi connectivity index (χ4n) is 4.14. The second-order valence-electron chi connectivity index (χ2n) is 9.08.